The summed E-state index contributed by atoms with van der Waals surface area (Å²) in [5.41, 5.74) is -1.28. The molecule has 2 rings (SSSR count). The van der Waals surface area contributed by atoms with E-state index in [-0.39, 0.29) is 0 Å². The average molecular weight is 278 g/mol. The number of hydrogen-bond donors (Lipinski definition) is 1. The van der Waals surface area contributed by atoms with Crippen LogP contribution in [-0.4, -0.2) is 5.11 Å². The van der Waals surface area contributed by atoms with Gasteiger partial charge in [-0.15, -0.1) is 0 Å². The minimum absolute atomic E-state index is 0.528. The molecule has 1 N–H and O–H groups in total. The zero-order chi connectivity index (χ0) is 14.1. The quantitative estimate of drug-likeness (QED) is 0.877. The summed E-state index contributed by atoms with van der Waals surface area (Å²) in [5, 5.41) is 21.2. The van der Waals surface area contributed by atoms with Crippen LogP contribution in [0.1, 0.15) is 45.1 Å². The highest BCUT2D eigenvalue weighted by Crippen LogP contribution is 2.51. The third kappa shape index (κ3) is 2.38. The highest BCUT2D eigenvalue weighted by molar-refractivity contribution is 6.31. The van der Waals surface area contributed by atoms with E-state index in [1.165, 1.54) is 0 Å². The average Bonchev–Trinajstić information content (AvgIpc) is 2.40. The third-order valence-electron chi connectivity index (χ3n) is 4.67. The van der Waals surface area contributed by atoms with E-state index in [0.717, 1.165) is 25.7 Å². The van der Waals surface area contributed by atoms with Crippen molar-refractivity contribution in [3.8, 4) is 6.07 Å². The maximum absolute atomic E-state index is 11.0. The molecule has 1 atom stereocenters. The molecule has 1 saturated carbocycles. The second kappa shape index (κ2) is 5.15. The lowest BCUT2D eigenvalue weighted by atomic mass is 9.61. The molecule has 0 saturated heterocycles. The van der Waals surface area contributed by atoms with Crippen LogP contribution in [0.5, 0.6) is 0 Å². The lowest BCUT2D eigenvalue weighted by Crippen LogP contribution is -2.45. The molecule has 0 heterocycles. The number of nitrogens with zero attached hydrogens (tertiary/aromatic N) is 1. The van der Waals surface area contributed by atoms with Crippen molar-refractivity contribution >= 4 is 11.6 Å². The molecule has 1 aromatic rings. The van der Waals surface area contributed by atoms with Gasteiger partial charge in [0.2, 0.25) is 0 Å². The second-order valence-corrected chi connectivity index (χ2v) is 6.34. The molecule has 19 heavy (non-hydrogen) atoms. The SMILES string of the molecule is CC1CCC(C#N)(C(C)(O)c2ccccc2Cl)CC1. The summed E-state index contributed by atoms with van der Waals surface area (Å²) in [6, 6.07) is 9.67. The molecule has 0 aromatic heterocycles. The molecule has 1 fully saturated rings. The summed E-state index contributed by atoms with van der Waals surface area (Å²) in [7, 11) is 0. The Labute approximate surface area is 120 Å². The maximum atomic E-state index is 11.0. The van der Waals surface area contributed by atoms with Crippen LogP contribution in [-0.2, 0) is 5.60 Å². The van der Waals surface area contributed by atoms with Gasteiger partial charge in [0.1, 0.15) is 5.60 Å². The van der Waals surface area contributed by atoms with Crippen molar-refractivity contribution in [2.24, 2.45) is 11.3 Å². The first kappa shape index (κ1) is 14.4. The van der Waals surface area contributed by atoms with Crippen molar-refractivity contribution in [1.82, 2.24) is 0 Å². The van der Waals surface area contributed by atoms with Gasteiger partial charge < -0.3 is 5.11 Å². The Balaban J connectivity index is 2.43. The van der Waals surface area contributed by atoms with Crippen LogP contribution in [0.15, 0.2) is 24.3 Å². The van der Waals surface area contributed by atoms with Crippen molar-refractivity contribution in [2.45, 2.75) is 45.1 Å². The molecule has 1 aliphatic rings. The van der Waals surface area contributed by atoms with Gasteiger partial charge in [-0.05, 0) is 44.6 Å². The fourth-order valence-electron chi connectivity index (χ4n) is 3.08. The molecule has 0 bridgehead atoms. The Morgan fingerprint density at radius 1 is 1.37 bits per heavy atom. The van der Waals surface area contributed by atoms with Gasteiger partial charge in [0.05, 0.1) is 11.5 Å². The summed E-state index contributed by atoms with van der Waals surface area (Å²) in [4.78, 5) is 0. The van der Waals surface area contributed by atoms with Gasteiger partial charge in [0.15, 0.2) is 0 Å². The molecule has 3 heteroatoms. The van der Waals surface area contributed by atoms with Gasteiger partial charge >= 0.3 is 0 Å². The van der Waals surface area contributed by atoms with E-state index >= 15 is 0 Å². The van der Waals surface area contributed by atoms with Gasteiger partial charge in [0.25, 0.3) is 0 Å². The Hall–Kier alpha value is -1.04. The van der Waals surface area contributed by atoms with Crippen LogP contribution < -0.4 is 0 Å². The van der Waals surface area contributed by atoms with Crippen LogP contribution in [0.3, 0.4) is 0 Å². The van der Waals surface area contributed by atoms with Gasteiger partial charge in [0, 0.05) is 10.6 Å². The molecule has 0 aliphatic heterocycles. The number of benzene rings is 1. The van der Waals surface area contributed by atoms with Gasteiger partial charge in [-0.1, -0.05) is 36.7 Å². The lowest BCUT2D eigenvalue weighted by molar-refractivity contribution is -0.0685. The van der Waals surface area contributed by atoms with Crippen LogP contribution in [0.2, 0.25) is 5.02 Å². The Kier molecular flexibility index (Phi) is 3.90. The number of halogens is 1. The molecule has 1 unspecified atom stereocenters. The van der Waals surface area contributed by atoms with E-state index in [1.54, 1.807) is 13.0 Å². The standard InChI is InChI=1S/C16H20ClNO/c1-12-7-9-16(11-18,10-8-12)15(2,19)13-5-3-4-6-14(13)17/h3-6,12,19H,7-10H2,1-2H3. The number of aliphatic hydroxyl groups is 1. The topological polar surface area (TPSA) is 44.0 Å². The number of rotatable bonds is 2. The number of nitriles is 1. The predicted octanol–water partition coefficient (Wildman–Crippen LogP) is 4.27. The predicted molar refractivity (Wildman–Crippen MR) is 76.7 cm³/mol. The molecule has 0 spiro atoms. The van der Waals surface area contributed by atoms with Gasteiger partial charge in [-0.3, -0.25) is 0 Å². The van der Waals surface area contributed by atoms with Crippen molar-refractivity contribution in [3.63, 3.8) is 0 Å². The molecule has 1 aliphatic carbocycles. The summed E-state index contributed by atoms with van der Waals surface area (Å²) >= 11 is 6.21. The van der Waals surface area contributed by atoms with Crippen molar-refractivity contribution in [3.05, 3.63) is 34.9 Å². The molecular weight excluding hydrogens is 258 g/mol. The highest BCUT2D eigenvalue weighted by atomic mass is 35.5. The molecule has 0 radical (unpaired) electrons. The summed E-state index contributed by atoms with van der Waals surface area (Å²) in [6.45, 7) is 3.93. The number of hydrogen-bond acceptors (Lipinski definition) is 2. The Morgan fingerprint density at radius 2 is 1.95 bits per heavy atom. The summed E-state index contributed by atoms with van der Waals surface area (Å²) in [5.74, 6) is 0.628. The summed E-state index contributed by atoms with van der Waals surface area (Å²) < 4.78 is 0. The molecule has 0 amide bonds. The fourth-order valence-corrected chi connectivity index (χ4v) is 3.40. The van der Waals surface area contributed by atoms with Crippen molar-refractivity contribution in [1.29, 1.82) is 5.26 Å². The summed E-state index contributed by atoms with van der Waals surface area (Å²) in [6.07, 6.45) is 3.41. The first-order chi connectivity index (χ1) is 8.93. The van der Waals surface area contributed by atoms with Crippen molar-refractivity contribution < 1.29 is 5.11 Å². The van der Waals surface area contributed by atoms with E-state index < -0.39 is 11.0 Å². The van der Waals surface area contributed by atoms with Crippen LogP contribution in [0, 0.1) is 22.7 Å². The van der Waals surface area contributed by atoms with E-state index in [2.05, 4.69) is 13.0 Å². The molecule has 1 aromatic carbocycles. The molecule has 2 nitrogen and oxygen atoms in total. The minimum Gasteiger partial charge on any atom is -0.384 e. The van der Waals surface area contributed by atoms with Crippen LogP contribution >= 0.6 is 11.6 Å². The first-order valence-corrected chi connectivity index (χ1v) is 7.19. The Morgan fingerprint density at radius 3 is 2.47 bits per heavy atom. The molecular formula is C16H20ClNO. The third-order valence-corrected chi connectivity index (χ3v) is 5.00. The van der Waals surface area contributed by atoms with Gasteiger partial charge in [-0.2, -0.15) is 5.26 Å². The first-order valence-electron chi connectivity index (χ1n) is 6.81. The van der Waals surface area contributed by atoms with Crippen LogP contribution in [0.4, 0.5) is 0 Å². The van der Waals surface area contributed by atoms with E-state index in [9.17, 15) is 10.4 Å². The largest absolute Gasteiger partial charge is 0.384 e. The zero-order valence-corrected chi connectivity index (χ0v) is 12.2. The molecule has 102 valence electrons. The Bertz CT molecular complexity index is 496. The smallest absolute Gasteiger partial charge is 0.107 e. The van der Waals surface area contributed by atoms with E-state index in [1.807, 2.05) is 18.2 Å². The van der Waals surface area contributed by atoms with Gasteiger partial charge in [-0.25, -0.2) is 0 Å². The van der Waals surface area contributed by atoms with Crippen LogP contribution in [0.25, 0.3) is 0 Å². The normalized spacial score (nSPS) is 30.4. The highest BCUT2D eigenvalue weighted by Gasteiger charge is 2.50. The minimum atomic E-state index is -1.21. The van der Waals surface area contributed by atoms with Crippen molar-refractivity contribution in [2.75, 3.05) is 0 Å². The zero-order valence-electron chi connectivity index (χ0n) is 11.5. The fraction of sp³-hybridized carbons (Fsp3) is 0.562. The lowest BCUT2D eigenvalue weighted by Gasteiger charge is -2.44. The second-order valence-electron chi connectivity index (χ2n) is 5.93. The van der Waals surface area contributed by atoms with E-state index in [4.69, 9.17) is 11.6 Å². The van der Waals surface area contributed by atoms with E-state index in [0.29, 0.717) is 16.5 Å². The monoisotopic (exact) mass is 277 g/mol. The maximum Gasteiger partial charge on any atom is 0.107 e.